The van der Waals surface area contributed by atoms with Crippen LogP contribution in [0, 0.1) is 0 Å². The first-order valence-electron chi connectivity index (χ1n) is 5.62. The van der Waals surface area contributed by atoms with Crippen LogP contribution in [0.1, 0.15) is 17.2 Å². The molecule has 2 aromatic rings. The maximum absolute atomic E-state index is 12.0. The molecule has 5 heteroatoms. The zero-order valence-corrected chi connectivity index (χ0v) is 9.89. The predicted octanol–water partition coefficient (Wildman–Crippen LogP) is 3.63. The van der Waals surface area contributed by atoms with Crippen LogP contribution in [0.3, 0.4) is 0 Å². The van der Waals surface area contributed by atoms with E-state index in [0.29, 0.717) is 0 Å². The molecule has 0 heterocycles. The molecule has 0 amide bonds. The number of alkyl halides is 3. The summed E-state index contributed by atoms with van der Waals surface area (Å²) in [6.07, 6.45) is -4.68. The lowest BCUT2D eigenvalue weighted by molar-refractivity contribution is -0.274. The molecule has 0 aliphatic carbocycles. The molecule has 2 nitrogen and oxygen atoms in total. The van der Waals surface area contributed by atoms with Crippen molar-refractivity contribution in [3.05, 3.63) is 65.7 Å². The Morgan fingerprint density at radius 3 is 1.89 bits per heavy atom. The Kier molecular flexibility index (Phi) is 3.76. The van der Waals surface area contributed by atoms with E-state index >= 15 is 0 Å². The monoisotopic (exact) mass is 267 g/mol. The highest BCUT2D eigenvalue weighted by atomic mass is 19.4. The van der Waals surface area contributed by atoms with Gasteiger partial charge in [-0.05, 0) is 23.3 Å². The van der Waals surface area contributed by atoms with Crippen LogP contribution in [0.25, 0.3) is 0 Å². The van der Waals surface area contributed by atoms with E-state index in [1.165, 1.54) is 24.3 Å². The third-order valence-corrected chi connectivity index (χ3v) is 2.63. The summed E-state index contributed by atoms with van der Waals surface area (Å²) in [7, 11) is 0. The zero-order chi connectivity index (χ0) is 13.9. The minimum atomic E-state index is -4.68. The lowest BCUT2D eigenvalue weighted by atomic mass is 10.00. The Morgan fingerprint density at radius 2 is 1.37 bits per heavy atom. The van der Waals surface area contributed by atoms with Crippen LogP contribution in [0.4, 0.5) is 13.2 Å². The molecule has 0 aliphatic heterocycles. The molecule has 2 rings (SSSR count). The predicted molar refractivity (Wildman–Crippen MR) is 65.6 cm³/mol. The number of hydrogen-bond donors (Lipinski definition) is 1. The van der Waals surface area contributed by atoms with Gasteiger partial charge >= 0.3 is 6.36 Å². The van der Waals surface area contributed by atoms with Gasteiger partial charge in [-0.1, -0.05) is 42.5 Å². The molecule has 0 radical (unpaired) electrons. The average Bonchev–Trinajstić information content (AvgIpc) is 2.38. The van der Waals surface area contributed by atoms with Gasteiger partial charge in [-0.3, -0.25) is 0 Å². The van der Waals surface area contributed by atoms with Crippen molar-refractivity contribution in [1.29, 1.82) is 0 Å². The average molecular weight is 267 g/mol. The molecule has 0 fully saturated rings. The first kappa shape index (κ1) is 13.4. The Labute approximate surface area is 108 Å². The minimum absolute atomic E-state index is 0.253. The van der Waals surface area contributed by atoms with Gasteiger partial charge in [-0.15, -0.1) is 13.2 Å². The van der Waals surface area contributed by atoms with Crippen LogP contribution in [-0.2, 0) is 0 Å². The summed E-state index contributed by atoms with van der Waals surface area (Å²) < 4.78 is 39.9. The van der Waals surface area contributed by atoms with Gasteiger partial charge in [0.2, 0.25) is 0 Å². The Balaban J connectivity index is 2.15. The van der Waals surface area contributed by atoms with E-state index in [4.69, 9.17) is 5.73 Å². The molecular weight excluding hydrogens is 255 g/mol. The van der Waals surface area contributed by atoms with Crippen molar-refractivity contribution in [2.75, 3.05) is 0 Å². The second-order valence-electron chi connectivity index (χ2n) is 4.01. The van der Waals surface area contributed by atoms with Crippen LogP contribution in [0.2, 0.25) is 0 Å². The van der Waals surface area contributed by atoms with Gasteiger partial charge in [-0.25, -0.2) is 0 Å². The minimum Gasteiger partial charge on any atom is -0.406 e. The molecule has 2 aromatic carbocycles. The standard InChI is InChI=1S/C14H12F3NO/c15-14(16,17)19-12-8-6-11(7-9-12)13(18)10-4-2-1-3-5-10/h1-9,13H,18H2. The fourth-order valence-electron chi connectivity index (χ4n) is 1.73. The summed E-state index contributed by atoms with van der Waals surface area (Å²) in [4.78, 5) is 0. The van der Waals surface area contributed by atoms with Crippen molar-refractivity contribution in [1.82, 2.24) is 0 Å². The van der Waals surface area contributed by atoms with E-state index in [9.17, 15) is 13.2 Å². The smallest absolute Gasteiger partial charge is 0.406 e. The molecule has 0 saturated heterocycles. The third-order valence-electron chi connectivity index (χ3n) is 2.63. The number of hydrogen-bond acceptors (Lipinski definition) is 2. The number of ether oxygens (including phenoxy) is 1. The molecule has 0 aliphatic rings. The molecule has 1 atom stereocenters. The second-order valence-corrected chi connectivity index (χ2v) is 4.01. The highest BCUT2D eigenvalue weighted by Crippen LogP contribution is 2.25. The number of benzene rings is 2. The molecular formula is C14H12F3NO. The number of nitrogens with two attached hydrogens (primary N) is 1. The van der Waals surface area contributed by atoms with Gasteiger partial charge in [0.15, 0.2) is 0 Å². The molecule has 2 N–H and O–H groups in total. The van der Waals surface area contributed by atoms with E-state index in [1.807, 2.05) is 30.3 Å². The Morgan fingerprint density at radius 1 is 0.842 bits per heavy atom. The third kappa shape index (κ3) is 3.72. The number of rotatable bonds is 3. The van der Waals surface area contributed by atoms with Gasteiger partial charge in [0.1, 0.15) is 5.75 Å². The highest BCUT2D eigenvalue weighted by Gasteiger charge is 2.31. The molecule has 0 saturated carbocycles. The summed E-state index contributed by atoms with van der Waals surface area (Å²) in [6, 6.07) is 14.5. The first-order valence-corrected chi connectivity index (χ1v) is 5.62. The lowest BCUT2D eigenvalue weighted by Crippen LogP contribution is -2.17. The summed E-state index contributed by atoms with van der Waals surface area (Å²) in [5.74, 6) is -0.253. The summed E-state index contributed by atoms with van der Waals surface area (Å²) >= 11 is 0. The van der Waals surface area contributed by atoms with Gasteiger partial charge in [-0.2, -0.15) is 0 Å². The van der Waals surface area contributed by atoms with Gasteiger partial charge in [0, 0.05) is 0 Å². The molecule has 0 aromatic heterocycles. The van der Waals surface area contributed by atoms with E-state index in [0.717, 1.165) is 11.1 Å². The van der Waals surface area contributed by atoms with E-state index in [1.54, 1.807) is 0 Å². The molecule has 0 spiro atoms. The van der Waals surface area contributed by atoms with E-state index in [2.05, 4.69) is 4.74 Å². The Bertz CT molecular complexity index is 523. The zero-order valence-electron chi connectivity index (χ0n) is 9.89. The van der Waals surface area contributed by atoms with Crippen molar-refractivity contribution in [3.8, 4) is 5.75 Å². The first-order chi connectivity index (χ1) is 8.96. The largest absolute Gasteiger partial charge is 0.573 e. The van der Waals surface area contributed by atoms with Crippen molar-refractivity contribution in [2.24, 2.45) is 5.73 Å². The van der Waals surface area contributed by atoms with Crippen molar-refractivity contribution in [2.45, 2.75) is 12.4 Å². The molecule has 0 bridgehead atoms. The van der Waals surface area contributed by atoms with Crippen LogP contribution in [0.5, 0.6) is 5.75 Å². The summed E-state index contributed by atoms with van der Waals surface area (Å²) in [5, 5.41) is 0. The van der Waals surface area contributed by atoms with Gasteiger partial charge < -0.3 is 10.5 Å². The van der Waals surface area contributed by atoms with Crippen LogP contribution < -0.4 is 10.5 Å². The van der Waals surface area contributed by atoms with Crippen LogP contribution in [0.15, 0.2) is 54.6 Å². The maximum atomic E-state index is 12.0. The fraction of sp³-hybridized carbons (Fsp3) is 0.143. The van der Waals surface area contributed by atoms with Gasteiger partial charge in [0.25, 0.3) is 0 Å². The highest BCUT2D eigenvalue weighted by molar-refractivity contribution is 5.35. The number of halogens is 3. The van der Waals surface area contributed by atoms with Crippen LogP contribution >= 0.6 is 0 Å². The SMILES string of the molecule is NC(c1ccccc1)c1ccc(OC(F)(F)F)cc1. The molecule has 100 valence electrons. The van der Waals surface area contributed by atoms with Crippen molar-refractivity contribution in [3.63, 3.8) is 0 Å². The quantitative estimate of drug-likeness (QED) is 0.921. The van der Waals surface area contributed by atoms with E-state index < -0.39 is 6.36 Å². The van der Waals surface area contributed by atoms with Crippen molar-refractivity contribution < 1.29 is 17.9 Å². The van der Waals surface area contributed by atoms with Crippen molar-refractivity contribution >= 4 is 0 Å². The maximum Gasteiger partial charge on any atom is 0.573 e. The van der Waals surface area contributed by atoms with E-state index in [-0.39, 0.29) is 11.8 Å². The molecule has 1 unspecified atom stereocenters. The summed E-state index contributed by atoms with van der Waals surface area (Å²) in [5.41, 5.74) is 7.65. The molecule has 19 heavy (non-hydrogen) atoms. The van der Waals surface area contributed by atoms with Gasteiger partial charge in [0.05, 0.1) is 6.04 Å². The topological polar surface area (TPSA) is 35.2 Å². The Hall–Kier alpha value is -2.01. The normalized spacial score (nSPS) is 13.1. The second kappa shape index (κ2) is 5.32. The summed E-state index contributed by atoms with van der Waals surface area (Å²) in [6.45, 7) is 0. The van der Waals surface area contributed by atoms with Crippen LogP contribution in [-0.4, -0.2) is 6.36 Å². The fourth-order valence-corrected chi connectivity index (χ4v) is 1.73. The lowest BCUT2D eigenvalue weighted by Gasteiger charge is -2.14.